The van der Waals surface area contributed by atoms with Gasteiger partial charge in [-0.3, -0.25) is 0 Å². The van der Waals surface area contributed by atoms with E-state index < -0.39 is 0 Å². The average molecular weight is 271 g/mol. The summed E-state index contributed by atoms with van der Waals surface area (Å²) in [4.78, 5) is 5.78. The molecule has 1 N–H and O–H groups in total. The molecule has 0 radical (unpaired) electrons. The third-order valence-electron chi connectivity index (χ3n) is 2.91. The van der Waals surface area contributed by atoms with Crippen LogP contribution in [0.25, 0.3) is 0 Å². The Balaban J connectivity index is 1.81. The highest BCUT2D eigenvalue weighted by Gasteiger charge is 2.03. The summed E-state index contributed by atoms with van der Waals surface area (Å²) < 4.78 is 0. The highest BCUT2D eigenvalue weighted by Crippen LogP contribution is 2.17. The van der Waals surface area contributed by atoms with Crippen molar-refractivity contribution in [2.24, 2.45) is 0 Å². The number of nitriles is 1. The largest absolute Gasteiger partial charge is 0.312 e. The second-order valence-electron chi connectivity index (χ2n) is 4.48. The van der Waals surface area contributed by atoms with E-state index in [9.17, 15) is 0 Å². The monoisotopic (exact) mass is 271 g/mol. The Morgan fingerprint density at radius 1 is 1.37 bits per heavy atom. The zero-order chi connectivity index (χ0) is 13.7. The summed E-state index contributed by atoms with van der Waals surface area (Å²) in [6.07, 6.45) is 1.01. The van der Waals surface area contributed by atoms with E-state index in [1.807, 2.05) is 31.2 Å². The zero-order valence-electron chi connectivity index (χ0n) is 11.2. The van der Waals surface area contributed by atoms with Gasteiger partial charge in [-0.05, 0) is 38.0 Å². The first-order valence-electron chi connectivity index (χ1n) is 6.31. The van der Waals surface area contributed by atoms with Gasteiger partial charge in [-0.2, -0.15) is 5.26 Å². The van der Waals surface area contributed by atoms with Gasteiger partial charge in [0.15, 0.2) is 0 Å². The SMILES string of the molecule is Cc1nc(C)c(CCNCc2cccc(C#N)c2)s1. The minimum Gasteiger partial charge on any atom is -0.312 e. The Morgan fingerprint density at radius 2 is 2.21 bits per heavy atom. The van der Waals surface area contributed by atoms with Crippen molar-refractivity contribution in [2.75, 3.05) is 6.54 Å². The summed E-state index contributed by atoms with van der Waals surface area (Å²) >= 11 is 1.77. The van der Waals surface area contributed by atoms with Crippen molar-refractivity contribution in [3.63, 3.8) is 0 Å². The standard InChI is InChI=1S/C15H17N3S/c1-11-15(19-12(2)18-11)6-7-17-10-14-5-3-4-13(8-14)9-16/h3-5,8,17H,6-7,10H2,1-2H3. The van der Waals surface area contributed by atoms with Gasteiger partial charge in [0, 0.05) is 18.0 Å². The van der Waals surface area contributed by atoms with Crippen molar-refractivity contribution in [2.45, 2.75) is 26.8 Å². The normalized spacial score (nSPS) is 10.4. The van der Waals surface area contributed by atoms with Crippen molar-refractivity contribution < 1.29 is 0 Å². The van der Waals surface area contributed by atoms with E-state index in [0.717, 1.165) is 35.8 Å². The van der Waals surface area contributed by atoms with Gasteiger partial charge in [-0.1, -0.05) is 12.1 Å². The van der Waals surface area contributed by atoms with E-state index in [2.05, 4.69) is 23.3 Å². The van der Waals surface area contributed by atoms with Crippen LogP contribution in [0.3, 0.4) is 0 Å². The molecular weight excluding hydrogens is 254 g/mol. The molecule has 0 aliphatic carbocycles. The Morgan fingerprint density at radius 3 is 2.89 bits per heavy atom. The molecule has 1 aromatic heterocycles. The van der Waals surface area contributed by atoms with Gasteiger partial charge in [0.1, 0.15) is 0 Å². The molecule has 0 atom stereocenters. The molecule has 0 saturated carbocycles. The lowest BCUT2D eigenvalue weighted by Gasteiger charge is -2.04. The molecule has 0 spiro atoms. The van der Waals surface area contributed by atoms with Gasteiger partial charge >= 0.3 is 0 Å². The van der Waals surface area contributed by atoms with Crippen molar-refractivity contribution in [3.8, 4) is 6.07 Å². The van der Waals surface area contributed by atoms with Crippen molar-refractivity contribution >= 4 is 11.3 Å². The third kappa shape index (κ3) is 3.88. The summed E-state index contributed by atoms with van der Waals surface area (Å²) in [5, 5.41) is 13.4. The van der Waals surface area contributed by atoms with E-state index in [-0.39, 0.29) is 0 Å². The maximum absolute atomic E-state index is 8.84. The Kier molecular flexibility index (Phi) is 4.67. The molecule has 2 aromatic rings. The molecular formula is C15H17N3S. The number of hydrogen-bond donors (Lipinski definition) is 1. The highest BCUT2D eigenvalue weighted by molar-refractivity contribution is 7.11. The van der Waals surface area contributed by atoms with Crippen LogP contribution in [-0.2, 0) is 13.0 Å². The summed E-state index contributed by atoms with van der Waals surface area (Å²) in [5.41, 5.74) is 3.01. The molecule has 19 heavy (non-hydrogen) atoms. The van der Waals surface area contributed by atoms with Crippen LogP contribution in [0.1, 0.15) is 26.7 Å². The zero-order valence-corrected chi connectivity index (χ0v) is 12.0. The molecule has 98 valence electrons. The first kappa shape index (κ1) is 13.7. The van der Waals surface area contributed by atoms with E-state index in [1.165, 1.54) is 4.88 Å². The lowest BCUT2D eigenvalue weighted by molar-refractivity contribution is 0.688. The number of rotatable bonds is 5. The second kappa shape index (κ2) is 6.46. The summed E-state index contributed by atoms with van der Waals surface area (Å²) in [6, 6.07) is 9.87. The Labute approximate surface area is 117 Å². The molecule has 0 fully saturated rings. The van der Waals surface area contributed by atoms with Gasteiger partial charge in [-0.15, -0.1) is 11.3 Å². The summed E-state index contributed by atoms with van der Waals surface area (Å²) in [6.45, 7) is 5.84. The van der Waals surface area contributed by atoms with Crippen LogP contribution in [0.4, 0.5) is 0 Å². The first-order chi connectivity index (χ1) is 9.19. The van der Waals surface area contributed by atoms with Crippen LogP contribution >= 0.6 is 11.3 Å². The molecule has 0 aliphatic rings. The smallest absolute Gasteiger partial charge is 0.0991 e. The molecule has 0 saturated heterocycles. The molecule has 0 aliphatic heterocycles. The van der Waals surface area contributed by atoms with Crippen LogP contribution in [0.5, 0.6) is 0 Å². The Bertz CT molecular complexity index is 596. The van der Waals surface area contributed by atoms with Crippen LogP contribution in [-0.4, -0.2) is 11.5 Å². The van der Waals surface area contributed by atoms with Crippen molar-refractivity contribution in [1.82, 2.24) is 10.3 Å². The van der Waals surface area contributed by atoms with E-state index in [1.54, 1.807) is 11.3 Å². The van der Waals surface area contributed by atoms with Crippen LogP contribution in [0, 0.1) is 25.2 Å². The number of nitrogens with one attached hydrogen (secondary N) is 1. The number of aromatic nitrogens is 1. The number of aryl methyl sites for hydroxylation is 2. The molecule has 1 aromatic carbocycles. The molecule has 2 rings (SSSR count). The number of hydrogen-bond acceptors (Lipinski definition) is 4. The Hall–Kier alpha value is -1.70. The molecule has 0 amide bonds. The predicted molar refractivity (Wildman–Crippen MR) is 78.2 cm³/mol. The molecule has 0 unspecified atom stereocenters. The minimum absolute atomic E-state index is 0.716. The fraction of sp³-hybridized carbons (Fsp3) is 0.333. The number of benzene rings is 1. The molecule has 4 heteroatoms. The van der Waals surface area contributed by atoms with E-state index >= 15 is 0 Å². The van der Waals surface area contributed by atoms with Crippen molar-refractivity contribution in [1.29, 1.82) is 5.26 Å². The second-order valence-corrected chi connectivity index (χ2v) is 5.77. The van der Waals surface area contributed by atoms with Gasteiger partial charge in [0.25, 0.3) is 0 Å². The maximum atomic E-state index is 8.84. The summed E-state index contributed by atoms with van der Waals surface area (Å²) in [5.74, 6) is 0. The van der Waals surface area contributed by atoms with Gasteiger partial charge in [0.05, 0.1) is 22.3 Å². The lowest BCUT2D eigenvalue weighted by atomic mass is 10.1. The fourth-order valence-electron chi connectivity index (χ4n) is 1.99. The van der Waals surface area contributed by atoms with Crippen molar-refractivity contribution in [3.05, 3.63) is 51.0 Å². The molecule has 3 nitrogen and oxygen atoms in total. The number of thiazole rings is 1. The topological polar surface area (TPSA) is 48.7 Å². The van der Waals surface area contributed by atoms with Gasteiger partial charge < -0.3 is 5.32 Å². The quantitative estimate of drug-likeness (QED) is 0.851. The van der Waals surface area contributed by atoms with Crippen LogP contribution in [0.2, 0.25) is 0 Å². The van der Waals surface area contributed by atoms with Crippen LogP contribution in [0.15, 0.2) is 24.3 Å². The minimum atomic E-state index is 0.716. The fourth-order valence-corrected chi connectivity index (χ4v) is 2.93. The van der Waals surface area contributed by atoms with Crippen LogP contribution < -0.4 is 5.32 Å². The molecule has 0 bridgehead atoms. The average Bonchev–Trinajstić information content (AvgIpc) is 2.73. The summed E-state index contributed by atoms with van der Waals surface area (Å²) in [7, 11) is 0. The van der Waals surface area contributed by atoms with Gasteiger partial charge in [-0.25, -0.2) is 4.98 Å². The number of nitrogens with zero attached hydrogens (tertiary/aromatic N) is 2. The predicted octanol–water partition coefficient (Wildman–Crippen LogP) is 2.96. The lowest BCUT2D eigenvalue weighted by Crippen LogP contribution is -2.16. The van der Waals surface area contributed by atoms with E-state index in [4.69, 9.17) is 5.26 Å². The maximum Gasteiger partial charge on any atom is 0.0991 e. The van der Waals surface area contributed by atoms with E-state index in [0.29, 0.717) is 5.56 Å². The molecule has 1 heterocycles. The highest BCUT2D eigenvalue weighted by atomic mass is 32.1. The third-order valence-corrected chi connectivity index (χ3v) is 4.05. The first-order valence-corrected chi connectivity index (χ1v) is 7.13. The van der Waals surface area contributed by atoms with Gasteiger partial charge in [0.2, 0.25) is 0 Å².